The van der Waals surface area contributed by atoms with Crippen LogP contribution in [0.25, 0.3) is 0 Å². The van der Waals surface area contributed by atoms with Gasteiger partial charge in [-0.2, -0.15) is 5.26 Å². The van der Waals surface area contributed by atoms with Crippen LogP contribution in [0.4, 0.5) is 5.00 Å². The standard InChI is InChI=1S/C16H16ClN3O3S2/c1-4-12-7-11(9-18)16(24-12)19-15(21)10-5-6-13(17)14(8-10)25(22,23)20(2)3/h5-8H,4H2,1-3H3,(H,19,21). The summed E-state index contributed by atoms with van der Waals surface area (Å²) in [6.07, 6.45) is 0.751. The molecule has 2 aromatic rings. The lowest BCUT2D eigenvalue weighted by molar-refractivity contribution is 0.102. The summed E-state index contributed by atoms with van der Waals surface area (Å²) in [5, 5.41) is 12.3. The number of hydrogen-bond donors (Lipinski definition) is 1. The second-order valence-electron chi connectivity index (χ2n) is 5.31. The van der Waals surface area contributed by atoms with Gasteiger partial charge in [0.1, 0.15) is 16.0 Å². The highest BCUT2D eigenvalue weighted by Crippen LogP contribution is 2.29. The largest absolute Gasteiger partial charge is 0.312 e. The number of thiophene rings is 1. The maximum absolute atomic E-state index is 12.5. The van der Waals surface area contributed by atoms with Crippen molar-refractivity contribution in [1.82, 2.24) is 4.31 Å². The predicted molar refractivity (Wildman–Crippen MR) is 98.7 cm³/mol. The summed E-state index contributed by atoms with van der Waals surface area (Å²) >= 11 is 7.30. The summed E-state index contributed by atoms with van der Waals surface area (Å²) < 4.78 is 25.6. The van der Waals surface area contributed by atoms with Gasteiger partial charge in [-0.25, -0.2) is 12.7 Å². The van der Waals surface area contributed by atoms with E-state index in [2.05, 4.69) is 5.32 Å². The average molecular weight is 398 g/mol. The molecule has 1 heterocycles. The fraction of sp³-hybridized carbons (Fsp3) is 0.250. The Morgan fingerprint density at radius 1 is 1.36 bits per heavy atom. The molecule has 132 valence electrons. The Morgan fingerprint density at radius 3 is 2.60 bits per heavy atom. The third kappa shape index (κ3) is 4.02. The van der Waals surface area contributed by atoms with Gasteiger partial charge in [-0.3, -0.25) is 4.79 Å². The number of anilines is 1. The maximum atomic E-state index is 12.5. The van der Waals surface area contributed by atoms with Crippen molar-refractivity contribution in [2.75, 3.05) is 19.4 Å². The molecule has 0 spiro atoms. The van der Waals surface area contributed by atoms with E-state index in [4.69, 9.17) is 16.9 Å². The number of aryl methyl sites for hydroxylation is 1. The number of sulfonamides is 1. The number of rotatable bonds is 5. The number of nitrogens with one attached hydrogen (secondary N) is 1. The average Bonchev–Trinajstić information content (AvgIpc) is 2.96. The van der Waals surface area contributed by atoms with Gasteiger partial charge in [0.2, 0.25) is 10.0 Å². The lowest BCUT2D eigenvalue weighted by Crippen LogP contribution is -2.23. The number of hydrogen-bond acceptors (Lipinski definition) is 5. The second kappa shape index (κ2) is 7.54. The number of carbonyl (C=O) groups excluding carboxylic acids is 1. The maximum Gasteiger partial charge on any atom is 0.256 e. The SMILES string of the molecule is CCc1cc(C#N)c(NC(=O)c2ccc(Cl)c(S(=O)(=O)N(C)C)c2)s1. The monoisotopic (exact) mass is 397 g/mol. The molecular weight excluding hydrogens is 382 g/mol. The minimum atomic E-state index is -3.78. The molecule has 2 rings (SSSR count). The molecule has 0 fully saturated rings. The molecule has 0 aliphatic carbocycles. The molecule has 0 atom stereocenters. The van der Waals surface area contributed by atoms with Crippen molar-refractivity contribution in [2.45, 2.75) is 18.2 Å². The van der Waals surface area contributed by atoms with Crippen LogP contribution in [0.15, 0.2) is 29.2 Å². The van der Waals surface area contributed by atoms with E-state index in [1.165, 1.54) is 43.6 Å². The van der Waals surface area contributed by atoms with Crippen LogP contribution in [-0.4, -0.2) is 32.7 Å². The smallest absolute Gasteiger partial charge is 0.256 e. The number of nitrogens with zero attached hydrogens (tertiary/aromatic N) is 2. The van der Waals surface area contributed by atoms with Crippen molar-refractivity contribution in [3.63, 3.8) is 0 Å². The van der Waals surface area contributed by atoms with E-state index in [-0.39, 0.29) is 15.5 Å². The van der Waals surface area contributed by atoms with Crippen LogP contribution >= 0.6 is 22.9 Å². The van der Waals surface area contributed by atoms with E-state index in [1.54, 1.807) is 6.07 Å². The Bertz CT molecular complexity index is 959. The zero-order valence-corrected chi connectivity index (χ0v) is 16.2. The Kier molecular flexibility index (Phi) is 5.85. The third-order valence-electron chi connectivity index (χ3n) is 3.43. The van der Waals surface area contributed by atoms with E-state index in [9.17, 15) is 13.2 Å². The quantitative estimate of drug-likeness (QED) is 0.837. The molecule has 0 aliphatic rings. The predicted octanol–water partition coefficient (Wildman–Crippen LogP) is 3.34. The molecule has 1 aromatic heterocycles. The van der Waals surface area contributed by atoms with Crippen LogP contribution in [-0.2, 0) is 16.4 Å². The summed E-state index contributed by atoms with van der Waals surface area (Å²) in [6.45, 7) is 1.95. The fourth-order valence-corrected chi connectivity index (χ4v) is 4.34. The summed E-state index contributed by atoms with van der Waals surface area (Å²) in [6, 6.07) is 7.80. The Hall–Kier alpha value is -1.92. The number of benzene rings is 1. The molecule has 1 amide bonds. The van der Waals surface area contributed by atoms with Crippen LogP contribution in [0.1, 0.15) is 27.7 Å². The lowest BCUT2D eigenvalue weighted by atomic mass is 10.2. The normalized spacial score (nSPS) is 11.4. The van der Waals surface area contributed by atoms with E-state index in [0.29, 0.717) is 10.6 Å². The number of carbonyl (C=O) groups is 1. The second-order valence-corrected chi connectivity index (χ2v) is 8.97. The van der Waals surface area contributed by atoms with Crippen LogP contribution in [0.5, 0.6) is 0 Å². The van der Waals surface area contributed by atoms with Gasteiger partial charge in [0.05, 0.1) is 10.6 Å². The van der Waals surface area contributed by atoms with Gasteiger partial charge >= 0.3 is 0 Å². The molecular formula is C16H16ClN3O3S2. The lowest BCUT2D eigenvalue weighted by Gasteiger charge is -2.13. The summed E-state index contributed by atoms with van der Waals surface area (Å²) in [4.78, 5) is 13.3. The first-order valence-electron chi connectivity index (χ1n) is 7.27. The van der Waals surface area contributed by atoms with Crippen LogP contribution in [0.3, 0.4) is 0 Å². The van der Waals surface area contributed by atoms with Crippen molar-refractivity contribution in [3.05, 3.63) is 45.3 Å². The van der Waals surface area contributed by atoms with Crippen LogP contribution in [0.2, 0.25) is 5.02 Å². The van der Waals surface area contributed by atoms with E-state index in [1.807, 2.05) is 13.0 Å². The molecule has 25 heavy (non-hydrogen) atoms. The molecule has 9 heteroatoms. The molecule has 0 saturated carbocycles. The van der Waals surface area contributed by atoms with E-state index < -0.39 is 15.9 Å². The highest BCUT2D eigenvalue weighted by Gasteiger charge is 2.23. The fourth-order valence-electron chi connectivity index (χ4n) is 2.01. The Labute approximate surface area is 155 Å². The van der Waals surface area contributed by atoms with Crippen molar-refractivity contribution >= 4 is 43.9 Å². The number of nitriles is 1. The third-order valence-corrected chi connectivity index (χ3v) is 6.92. The molecule has 1 N–H and O–H groups in total. The minimum absolute atomic E-state index is 0.0346. The Balaban J connectivity index is 2.39. The highest BCUT2D eigenvalue weighted by molar-refractivity contribution is 7.89. The van der Waals surface area contributed by atoms with Crippen molar-refractivity contribution in [3.8, 4) is 6.07 Å². The zero-order valence-electron chi connectivity index (χ0n) is 13.8. The highest BCUT2D eigenvalue weighted by atomic mass is 35.5. The first kappa shape index (κ1) is 19.4. The molecule has 0 aliphatic heterocycles. The van der Waals surface area contributed by atoms with Gasteiger partial charge in [0.15, 0.2) is 0 Å². The zero-order chi connectivity index (χ0) is 18.8. The van der Waals surface area contributed by atoms with Crippen LogP contribution < -0.4 is 5.32 Å². The van der Waals surface area contributed by atoms with Crippen molar-refractivity contribution < 1.29 is 13.2 Å². The first-order chi connectivity index (χ1) is 11.7. The van der Waals surface area contributed by atoms with Gasteiger partial charge < -0.3 is 5.32 Å². The van der Waals surface area contributed by atoms with Gasteiger partial charge in [0, 0.05) is 24.5 Å². The molecule has 0 bridgehead atoms. The van der Waals surface area contributed by atoms with Crippen LogP contribution in [0, 0.1) is 11.3 Å². The van der Waals surface area contributed by atoms with Gasteiger partial charge in [-0.1, -0.05) is 18.5 Å². The summed E-state index contributed by atoms with van der Waals surface area (Å²) in [7, 11) is -1.01. The molecule has 0 radical (unpaired) electrons. The molecule has 0 unspecified atom stereocenters. The topological polar surface area (TPSA) is 90.3 Å². The first-order valence-corrected chi connectivity index (χ1v) is 9.90. The van der Waals surface area contributed by atoms with Gasteiger partial charge in [0.25, 0.3) is 5.91 Å². The Morgan fingerprint density at radius 2 is 2.04 bits per heavy atom. The minimum Gasteiger partial charge on any atom is -0.312 e. The van der Waals surface area contributed by atoms with Gasteiger partial charge in [-0.05, 0) is 30.7 Å². The van der Waals surface area contributed by atoms with E-state index >= 15 is 0 Å². The molecule has 0 saturated heterocycles. The summed E-state index contributed by atoms with van der Waals surface area (Å²) in [5.41, 5.74) is 0.519. The number of amides is 1. The van der Waals surface area contributed by atoms with Gasteiger partial charge in [-0.15, -0.1) is 11.3 Å². The van der Waals surface area contributed by atoms with Crippen molar-refractivity contribution in [2.24, 2.45) is 0 Å². The molecule has 6 nitrogen and oxygen atoms in total. The van der Waals surface area contributed by atoms with Crippen molar-refractivity contribution in [1.29, 1.82) is 5.26 Å². The molecule has 1 aromatic carbocycles. The van der Waals surface area contributed by atoms with E-state index in [0.717, 1.165) is 15.6 Å². The number of halogens is 1. The summed E-state index contributed by atoms with van der Waals surface area (Å²) in [5.74, 6) is -0.507.